The molecule has 2 aliphatic carbocycles. The van der Waals surface area contributed by atoms with Gasteiger partial charge in [-0.05, 0) is 61.1 Å². The number of fused-ring (bicyclic) bond motifs is 6. The highest BCUT2D eigenvalue weighted by Crippen LogP contribution is 2.52. The van der Waals surface area contributed by atoms with Crippen LogP contribution in [-0.2, 0) is 6.42 Å². The van der Waals surface area contributed by atoms with Gasteiger partial charge in [-0.25, -0.2) is 0 Å². The van der Waals surface area contributed by atoms with Crippen LogP contribution in [0.2, 0.25) is 0 Å². The second kappa shape index (κ2) is 5.96. The maximum Gasteiger partial charge on any atom is 0.0451 e. The quantitative estimate of drug-likeness (QED) is 0.471. The first-order valence-electron chi connectivity index (χ1n) is 10.2. The van der Waals surface area contributed by atoms with Gasteiger partial charge < -0.3 is 5.32 Å². The third-order valence-electron chi connectivity index (χ3n) is 6.47. The normalized spacial score (nSPS) is 22.6. The molecule has 0 bridgehead atoms. The van der Waals surface area contributed by atoms with Crippen molar-refractivity contribution < 1.29 is 0 Å². The Balaban J connectivity index is 1.51. The molecule has 138 valence electrons. The second-order valence-electron chi connectivity index (χ2n) is 8.29. The fourth-order valence-electron chi connectivity index (χ4n) is 5.17. The van der Waals surface area contributed by atoms with Crippen molar-refractivity contribution in [3.8, 4) is 0 Å². The third kappa shape index (κ3) is 2.24. The number of rotatable bonds is 1. The molecule has 0 spiro atoms. The number of allylic oxidation sites excluding steroid dienone is 5. The number of anilines is 1. The van der Waals surface area contributed by atoms with E-state index in [1.807, 2.05) is 11.3 Å². The predicted octanol–water partition coefficient (Wildman–Crippen LogP) is 7.16. The van der Waals surface area contributed by atoms with E-state index < -0.39 is 0 Å². The molecular formula is C26H23NS. The minimum absolute atomic E-state index is 0.357. The SMILES string of the molecule is CC1=C(c2cccc3c2NC(C)CC3)C2C=Cc3sc4ccccc4c3C2=C1. The van der Waals surface area contributed by atoms with Gasteiger partial charge in [-0.3, -0.25) is 0 Å². The van der Waals surface area contributed by atoms with E-state index in [-0.39, 0.29) is 0 Å². The van der Waals surface area contributed by atoms with Gasteiger partial charge in [0.1, 0.15) is 0 Å². The van der Waals surface area contributed by atoms with Crippen LogP contribution in [0.5, 0.6) is 0 Å². The molecule has 1 aliphatic heterocycles. The molecule has 0 fully saturated rings. The molecular weight excluding hydrogens is 358 g/mol. The summed E-state index contributed by atoms with van der Waals surface area (Å²) in [6.45, 7) is 4.58. The van der Waals surface area contributed by atoms with Crippen molar-refractivity contribution in [2.24, 2.45) is 5.92 Å². The standard InChI is InChI=1S/C26H23NS/c1-15-14-21-18(12-13-23-25(21)19-7-3-4-9-22(19)28-23)24(15)20-8-5-6-17-11-10-16(2)27-26(17)20/h3-9,12-14,16,18,27H,10-11H2,1-2H3. The van der Waals surface area contributed by atoms with E-state index in [2.05, 4.69) is 79.9 Å². The maximum absolute atomic E-state index is 3.79. The van der Waals surface area contributed by atoms with Gasteiger partial charge in [-0.1, -0.05) is 48.6 Å². The van der Waals surface area contributed by atoms with Crippen LogP contribution in [0.3, 0.4) is 0 Å². The Morgan fingerprint density at radius 1 is 1.07 bits per heavy atom. The molecule has 1 nitrogen and oxygen atoms in total. The first-order chi connectivity index (χ1) is 13.7. The van der Waals surface area contributed by atoms with Crippen LogP contribution in [0.4, 0.5) is 5.69 Å². The van der Waals surface area contributed by atoms with E-state index in [0.717, 1.165) is 0 Å². The Kier molecular flexibility index (Phi) is 3.48. The van der Waals surface area contributed by atoms with Crippen molar-refractivity contribution in [3.05, 3.63) is 81.8 Å². The van der Waals surface area contributed by atoms with Crippen molar-refractivity contribution >= 4 is 44.3 Å². The molecule has 0 amide bonds. The van der Waals surface area contributed by atoms with Gasteiger partial charge in [0, 0.05) is 43.7 Å². The lowest BCUT2D eigenvalue weighted by Gasteiger charge is -2.29. The highest BCUT2D eigenvalue weighted by Gasteiger charge is 2.33. The highest BCUT2D eigenvalue weighted by molar-refractivity contribution is 7.20. The van der Waals surface area contributed by atoms with E-state index >= 15 is 0 Å². The molecule has 2 atom stereocenters. The fraction of sp³-hybridized carbons (Fsp3) is 0.231. The van der Waals surface area contributed by atoms with Gasteiger partial charge in [0.05, 0.1) is 0 Å². The van der Waals surface area contributed by atoms with Crippen LogP contribution in [0.15, 0.2) is 60.2 Å². The molecule has 0 radical (unpaired) electrons. The first kappa shape index (κ1) is 16.4. The summed E-state index contributed by atoms with van der Waals surface area (Å²) in [5, 5.41) is 5.19. The Morgan fingerprint density at radius 2 is 1.96 bits per heavy atom. The molecule has 6 rings (SSSR count). The number of thiophene rings is 1. The smallest absolute Gasteiger partial charge is 0.0451 e. The number of nitrogens with one attached hydrogen (secondary N) is 1. The Morgan fingerprint density at radius 3 is 2.89 bits per heavy atom. The van der Waals surface area contributed by atoms with E-state index in [4.69, 9.17) is 0 Å². The lowest BCUT2D eigenvalue weighted by molar-refractivity contribution is 0.680. The molecule has 3 aliphatic rings. The lowest BCUT2D eigenvalue weighted by Crippen LogP contribution is -2.23. The van der Waals surface area contributed by atoms with Crippen LogP contribution in [0, 0.1) is 5.92 Å². The summed E-state index contributed by atoms with van der Waals surface area (Å²) >= 11 is 1.91. The molecule has 0 saturated carbocycles. The summed E-state index contributed by atoms with van der Waals surface area (Å²) in [6.07, 6.45) is 9.59. The van der Waals surface area contributed by atoms with Gasteiger partial charge in [0.15, 0.2) is 0 Å². The summed E-state index contributed by atoms with van der Waals surface area (Å²) in [5.74, 6) is 0.357. The average Bonchev–Trinajstić information content (AvgIpc) is 3.24. The predicted molar refractivity (Wildman–Crippen MR) is 123 cm³/mol. The fourth-order valence-corrected chi connectivity index (χ4v) is 6.31. The molecule has 2 heteroatoms. The highest BCUT2D eigenvalue weighted by atomic mass is 32.1. The van der Waals surface area contributed by atoms with Crippen LogP contribution in [0.25, 0.3) is 27.3 Å². The molecule has 2 heterocycles. The molecule has 28 heavy (non-hydrogen) atoms. The zero-order valence-corrected chi connectivity index (χ0v) is 17.1. The molecule has 2 aromatic carbocycles. The number of hydrogen-bond acceptors (Lipinski definition) is 2. The van der Waals surface area contributed by atoms with Crippen LogP contribution >= 0.6 is 11.3 Å². The summed E-state index contributed by atoms with van der Waals surface area (Å²) in [7, 11) is 0. The first-order valence-corrected chi connectivity index (χ1v) is 11.0. The monoisotopic (exact) mass is 381 g/mol. The Labute approximate surface area is 170 Å². The summed E-state index contributed by atoms with van der Waals surface area (Å²) < 4.78 is 1.39. The van der Waals surface area contributed by atoms with Crippen LogP contribution in [0.1, 0.15) is 41.8 Å². The summed E-state index contributed by atoms with van der Waals surface area (Å²) in [4.78, 5) is 1.40. The summed E-state index contributed by atoms with van der Waals surface area (Å²) in [6, 6.07) is 16.2. The Bertz CT molecular complexity index is 1220. The summed E-state index contributed by atoms with van der Waals surface area (Å²) in [5.41, 5.74) is 10.0. The molecule has 1 N–H and O–H groups in total. The van der Waals surface area contributed by atoms with E-state index in [9.17, 15) is 0 Å². The average molecular weight is 382 g/mol. The van der Waals surface area contributed by atoms with Crippen LogP contribution < -0.4 is 5.32 Å². The van der Waals surface area contributed by atoms with Crippen molar-refractivity contribution in [1.82, 2.24) is 0 Å². The van der Waals surface area contributed by atoms with Gasteiger partial charge >= 0.3 is 0 Å². The third-order valence-corrected chi connectivity index (χ3v) is 7.61. The zero-order chi connectivity index (χ0) is 18.8. The molecule has 3 aromatic rings. The minimum Gasteiger partial charge on any atom is -0.382 e. The van der Waals surface area contributed by atoms with Gasteiger partial charge in [-0.15, -0.1) is 11.3 Å². The number of aryl methyl sites for hydroxylation is 1. The van der Waals surface area contributed by atoms with Crippen molar-refractivity contribution in [1.29, 1.82) is 0 Å². The number of benzene rings is 2. The van der Waals surface area contributed by atoms with Gasteiger partial charge in [0.2, 0.25) is 0 Å². The number of para-hydroxylation sites is 1. The van der Waals surface area contributed by atoms with E-state index in [0.29, 0.717) is 12.0 Å². The topological polar surface area (TPSA) is 12.0 Å². The van der Waals surface area contributed by atoms with Gasteiger partial charge in [0.25, 0.3) is 0 Å². The van der Waals surface area contributed by atoms with E-state index in [1.165, 1.54) is 66.9 Å². The minimum atomic E-state index is 0.357. The Hall–Kier alpha value is -2.58. The van der Waals surface area contributed by atoms with Crippen molar-refractivity contribution in [3.63, 3.8) is 0 Å². The van der Waals surface area contributed by atoms with Crippen LogP contribution in [-0.4, -0.2) is 6.04 Å². The maximum atomic E-state index is 3.79. The second-order valence-corrected chi connectivity index (χ2v) is 9.38. The van der Waals surface area contributed by atoms with Gasteiger partial charge in [-0.2, -0.15) is 0 Å². The zero-order valence-electron chi connectivity index (χ0n) is 16.3. The largest absolute Gasteiger partial charge is 0.382 e. The number of hydrogen-bond donors (Lipinski definition) is 1. The van der Waals surface area contributed by atoms with Crippen molar-refractivity contribution in [2.75, 3.05) is 5.32 Å². The van der Waals surface area contributed by atoms with Crippen molar-refractivity contribution in [2.45, 2.75) is 32.7 Å². The van der Waals surface area contributed by atoms with E-state index in [1.54, 1.807) is 0 Å². The molecule has 1 aromatic heterocycles. The molecule has 0 saturated heterocycles. The molecule has 2 unspecified atom stereocenters. The lowest BCUT2D eigenvalue weighted by atomic mass is 9.81.